The molecule has 0 radical (unpaired) electrons. The first-order chi connectivity index (χ1) is 5.38. The maximum atomic E-state index is 9.91. The number of alkyl halides is 1. The molecule has 3 heteroatoms. The molecule has 0 aliphatic carbocycles. The van der Waals surface area contributed by atoms with Crippen LogP contribution in [0.1, 0.15) is 5.56 Å². The van der Waals surface area contributed by atoms with Crippen LogP contribution >= 0.6 is 11.6 Å². The van der Waals surface area contributed by atoms with Crippen molar-refractivity contribution in [2.24, 2.45) is 4.99 Å². The fourth-order valence-corrected chi connectivity index (χ4v) is 1.01. The Bertz CT molecular complexity index is 292. The van der Waals surface area contributed by atoms with E-state index in [9.17, 15) is 4.79 Å². The number of halogens is 1. The van der Waals surface area contributed by atoms with E-state index in [2.05, 4.69) is 4.99 Å². The summed E-state index contributed by atoms with van der Waals surface area (Å²) in [4.78, 5) is 13.4. The second-order valence-electron chi connectivity index (χ2n) is 1.97. The minimum Gasteiger partial charge on any atom is -0.211 e. The highest BCUT2D eigenvalue weighted by Crippen LogP contribution is 2.19. The van der Waals surface area contributed by atoms with Gasteiger partial charge in [0.2, 0.25) is 6.08 Å². The number of rotatable bonds is 2. The molecule has 0 aromatic heterocycles. The highest BCUT2D eigenvalue weighted by atomic mass is 35.5. The second-order valence-corrected chi connectivity index (χ2v) is 2.23. The minimum absolute atomic E-state index is 0.362. The number of benzene rings is 1. The molecule has 1 rings (SSSR count). The minimum atomic E-state index is 0.362. The quantitative estimate of drug-likeness (QED) is 0.378. The maximum Gasteiger partial charge on any atom is 0.240 e. The summed E-state index contributed by atoms with van der Waals surface area (Å²) < 4.78 is 0. The summed E-state index contributed by atoms with van der Waals surface area (Å²) in [6.45, 7) is 0. The van der Waals surface area contributed by atoms with Gasteiger partial charge in [-0.15, -0.1) is 11.6 Å². The fourth-order valence-electron chi connectivity index (χ4n) is 0.782. The number of hydrogen-bond donors (Lipinski definition) is 0. The fraction of sp³-hybridized carbons (Fsp3) is 0.125. The Morgan fingerprint density at radius 2 is 2.18 bits per heavy atom. The van der Waals surface area contributed by atoms with Gasteiger partial charge in [0, 0.05) is 5.88 Å². The molecule has 0 saturated carbocycles. The molecule has 0 aliphatic heterocycles. The van der Waals surface area contributed by atoms with E-state index in [1.54, 1.807) is 12.1 Å². The van der Waals surface area contributed by atoms with E-state index in [-0.39, 0.29) is 0 Å². The zero-order valence-corrected chi connectivity index (χ0v) is 6.51. The van der Waals surface area contributed by atoms with Gasteiger partial charge < -0.3 is 0 Å². The number of para-hydroxylation sites is 1. The van der Waals surface area contributed by atoms with Crippen molar-refractivity contribution in [3.8, 4) is 0 Å². The van der Waals surface area contributed by atoms with E-state index >= 15 is 0 Å². The highest BCUT2D eigenvalue weighted by molar-refractivity contribution is 6.17. The van der Waals surface area contributed by atoms with Crippen molar-refractivity contribution in [2.75, 3.05) is 0 Å². The van der Waals surface area contributed by atoms with Crippen molar-refractivity contribution in [2.45, 2.75) is 5.88 Å². The summed E-state index contributed by atoms with van der Waals surface area (Å²) >= 11 is 5.58. The van der Waals surface area contributed by atoms with Gasteiger partial charge in [-0.2, -0.15) is 4.99 Å². The second kappa shape index (κ2) is 3.91. The molecule has 0 fully saturated rings. The van der Waals surface area contributed by atoms with Gasteiger partial charge in [-0.1, -0.05) is 18.2 Å². The Labute approximate surface area is 69.5 Å². The lowest BCUT2D eigenvalue weighted by Crippen LogP contribution is -1.76. The number of isocyanates is 1. The van der Waals surface area contributed by atoms with Crippen molar-refractivity contribution in [3.63, 3.8) is 0 Å². The van der Waals surface area contributed by atoms with Crippen molar-refractivity contribution in [1.82, 2.24) is 0 Å². The van der Waals surface area contributed by atoms with Crippen LogP contribution in [0.5, 0.6) is 0 Å². The SMILES string of the molecule is O=C=Nc1ccccc1CCl. The molecule has 0 aliphatic rings. The lowest BCUT2D eigenvalue weighted by Gasteiger charge is -1.96. The van der Waals surface area contributed by atoms with E-state index in [1.807, 2.05) is 12.1 Å². The van der Waals surface area contributed by atoms with Crippen LogP contribution in [0, 0.1) is 0 Å². The van der Waals surface area contributed by atoms with Gasteiger partial charge >= 0.3 is 0 Å². The van der Waals surface area contributed by atoms with Gasteiger partial charge in [-0.05, 0) is 11.6 Å². The van der Waals surface area contributed by atoms with Crippen LogP contribution in [0.4, 0.5) is 5.69 Å². The average molecular weight is 168 g/mol. The molecule has 1 aromatic rings. The van der Waals surface area contributed by atoms with Gasteiger partial charge in [0.05, 0.1) is 5.69 Å². The molecule has 11 heavy (non-hydrogen) atoms. The molecule has 2 nitrogen and oxygen atoms in total. The summed E-state index contributed by atoms with van der Waals surface area (Å²) in [6.07, 6.45) is 1.48. The number of hydrogen-bond acceptors (Lipinski definition) is 2. The lowest BCUT2D eigenvalue weighted by atomic mass is 10.2. The van der Waals surface area contributed by atoms with E-state index in [1.165, 1.54) is 6.08 Å². The largest absolute Gasteiger partial charge is 0.240 e. The summed E-state index contributed by atoms with van der Waals surface area (Å²) in [7, 11) is 0. The Hall–Kier alpha value is -1.11. The lowest BCUT2D eigenvalue weighted by molar-refractivity contribution is 0.565. The van der Waals surface area contributed by atoms with Crippen molar-refractivity contribution < 1.29 is 4.79 Å². The molecule has 0 amide bonds. The molecule has 0 spiro atoms. The standard InChI is InChI=1S/C8H6ClNO/c9-5-7-3-1-2-4-8(7)10-6-11/h1-4H,5H2. The number of aliphatic imine (C=N–C) groups is 1. The Balaban J connectivity index is 3.11. The first kappa shape index (κ1) is 7.99. The summed E-state index contributed by atoms with van der Waals surface area (Å²) in [5, 5.41) is 0. The average Bonchev–Trinajstić information content (AvgIpc) is 2.06. The monoisotopic (exact) mass is 167 g/mol. The molecule has 0 N–H and O–H groups in total. The van der Waals surface area contributed by atoms with Crippen molar-refractivity contribution in [1.29, 1.82) is 0 Å². The molecule has 0 unspecified atom stereocenters. The van der Waals surface area contributed by atoms with Crippen molar-refractivity contribution >= 4 is 23.4 Å². The van der Waals surface area contributed by atoms with E-state index < -0.39 is 0 Å². The molecule has 56 valence electrons. The van der Waals surface area contributed by atoms with Crippen molar-refractivity contribution in [3.05, 3.63) is 29.8 Å². The third kappa shape index (κ3) is 1.90. The predicted octanol–water partition coefficient (Wildman–Crippen LogP) is 2.39. The zero-order chi connectivity index (χ0) is 8.10. The molecule has 0 heterocycles. The summed E-state index contributed by atoms with van der Waals surface area (Å²) in [5.41, 5.74) is 1.44. The highest BCUT2D eigenvalue weighted by Gasteiger charge is 1.96. The molecule has 0 saturated heterocycles. The van der Waals surface area contributed by atoms with Crippen LogP contribution in [0.25, 0.3) is 0 Å². The van der Waals surface area contributed by atoms with Crippen LogP contribution in [0.2, 0.25) is 0 Å². The molecule has 0 bridgehead atoms. The number of carbonyl (C=O) groups excluding carboxylic acids is 1. The molecule has 0 atom stereocenters. The zero-order valence-electron chi connectivity index (χ0n) is 5.75. The van der Waals surface area contributed by atoms with Crippen LogP contribution in [0.15, 0.2) is 29.3 Å². The van der Waals surface area contributed by atoms with Crippen LogP contribution in [-0.2, 0) is 10.7 Å². The molecular weight excluding hydrogens is 162 g/mol. The Kier molecular flexibility index (Phi) is 2.84. The van der Waals surface area contributed by atoms with Crippen LogP contribution < -0.4 is 0 Å². The maximum absolute atomic E-state index is 9.91. The third-order valence-corrected chi connectivity index (χ3v) is 1.59. The van der Waals surface area contributed by atoms with E-state index in [0.29, 0.717) is 11.6 Å². The van der Waals surface area contributed by atoms with Crippen LogP contribution in [0.3, 0.4) is 0 Å². The number of nitrogens with zero attached hydrogens (tertiary/aromatic N) is 1. The van der Waals surface area contributed by atoms with Gasteiger partial charge in [-0.3, -0.25) is 0 Å². The van der Waals surface area contributed by atoms with Crippen LogP contribution in [-0.4, -0.2) is 6.08 Å². The Morgan fingerprint density at radius 3 is 2.82 bits per heavy atom. The van der Waals surface area contributed by atoms with E-state index in [4.69, 9.17) is 11.6 Å². The van der Waals surface area contributed by atoms with E-state index in [0.717, 1.165) is 5.56 Å². The van der Waals surface area contributed by atoms with Gasteiger partial charge in [0.1, 0.15) is 0 Å². The normalized spacial score (nSPS) is 8.82. The first-order valence-electron chi connectivity index (χ1n) is 3.10. The van der Waals surface area contributed by atoms with Gasteiger partial charge in [-0.25, -0.2) is 4.79 Å². The molecule has 1 aromatic carbocycles. The van der Waals surface area contributed by atoms with Gasteiger partial charge in [0.25, 0.3) is 0 Å². The Morgan fingerprint density at radius 1 is 1.45 bits per heavy atom. The summed E-state index contributed by atoms with van der Waals surface area (Å²) in [5.74, 6) is 0.362. The predicted molar refractivity (Wildman–Crippen MR) is 43.8 cm³/mol. The van der Waals surface area contributed by atoms with Gasteiger partial charge in [0.15, 0.2) is 0 Å². The third-order valence-electron chi connectivity index (χ3n) is 1.30. The summed E-state index contributed by atoms with van der Waals surface area (Å²) in [6, 6.07) is 7.19. The smallest absolute Gasteiger partial charge is 0.211 e. The molecular formula is C8H6ClNO. The first-order valence-corrected chi connectivity index (χ1v) is 3.63. The topological polar surface area (TPSA) is 29.4 Å².